The van der Waals surface area contributed by atoms with Crippen LogP contribution < -0.4 is 10.5 Å². The van der Waals surface area contributed by atoms with Crippen LogP contribution in [0.1, 0.15) is 27.7 Å². The number of nitrogens with two attached hydrogens (primary N) is 1. The van der Waals surface area contributed by atoms with E-state index in [-0.39, 0.29) is 12.0 Å². The van der Waals surface area contributed by atoms with Crippen LogP contribution in [0, 0.1) is 5.41 Å². The third-order valence-electron chi connectivity index (χ3n) is 4.82. The van der Waals surface area contributed by atoms with E-state index in [1.165, 1.54) is 0 Å². The second kappa shape index (κ2) is 8.64. The highest BCUT2D eigenvalue weighted by Crippen LogP contribution is 2.39. The molecule has 1 atom stereocenters. The van der Waals surface area contributed by atoms with E-state index in [2.05, 4.69) is 34.4 Å². The zero-order valence-electron chi connectivity index (χ0n) is 16.1. The summed E-state index contributed by atoms with van der Waals surface area (Å²) in [6.45, 7) is 11.3. The van der Waals surface area contributed by atoms with Crippen molar-refractivity contribution in [1.29, 1.82) is 0 Å². The first-order valence-electron chi connectivity index (χ1n) is 8.77. The molecule has 0 radical (unpaired) electrons. The highest BCUT2D eigenvalue weighted by Gasteiger charge is 2.44. The maximum atomic E-state index is 11.2. The Labute approximate surface area is 152 Å². The van der Waals surface area contributed by atoms with Crippen LogP contribution in [0.5, 0.6) is 0 Å². The van der Waals surface area contributed by atoms with Gasteiger partial charge in [0.15, 0.2) is 0 Å². The molecule has 0 spiro atoms. The zero-order chi connectivity index (χ0) is 19.3. The molecule has 1 rings (SSSR count). The predicted octanol–water partition coefficient (Wildman–Crippen LogP) is 0.307. The Morgan fingerprint density at radius 1 is 1.24 bits per heavy atom. The quantitative estimate of drug-likeness (QED) is 0.476. The van der Waals surface area contributed by atoms with Crippen LogP contribution in [0.15, 0.2) is 23.9 Å². The fraction of sp³-hybridized carbons (Fsp3) is 0.765. The molecular weight excluding hydrogens is 340 g/mol. The normalized spacial score (nSPS) is 23.0. The number of aliphatic hydroxyl groups is 1. The van der Waals surface area contributed by atoms with Crippen molar-refractivity contribution in [2.75, 3.05) is 45.6 Å². The Hall–Kier alpha value is -0.930. The van der Waals surface area contributed by atoms with E-state index in [1.807, 2.05) is 26.0 Å². The van der Waals surface area contributed by atoms with Crippen LogP contribution >= 0.6 is 0 Å². The molecule has 0 bridgehead atoms. The van der Waals surface area contributed by atoms with Crippen molar-refractivity contribution < 1.29 is 13.5 Å². The van der Waals surface area contributed by atoms with Gasteiger partial charge >= 0.3 is 0 Å². The molecule has 146 valence electrons. The number of nitrogens with zero attached hydrogens (tertiary/aromatic N) is 2. The third kappa shape index (κ3) is 5.52. The molecule has 0 aliphatic heterocycles. The lowest BCUT2D eigenvalue weighted by atomic mass is 9.74. The van der Waals surface area contributed by atoms with Gasteiger partial charge in [-0.3, -0.25) is 4.90 Å². The molecular formula is C17H34N4O3S. The molecule has 0 aromatic heterocycles. The van der Waals surface area contributed by atoms with Gasteiger partial charge in [-0.25, -0.2) is 13.1 Å². The molecule has 0 saturated heterocycles. The molecule has 1 unspecified atom stereocenters. The zero-order valence-corrected chi connectivity index (χ0v) is 16.9. The van der Waals surface area contributed by atoms with Gasteiger partial charge in [0, 0.05) is 37.3 Å². The lowest BCUT2D eigenvalue weighted by Crippen LogP contribution is -2.64. The van der Waals surface area contributed by atoms with Crippen molar-refractivity contribution in [3.63, 3.8) is 0 Å². The summed E-state index contributed by atoms with van der Waals surface area (Å²) in [6, 6.07) is 0. The molecule has 0 aromatic carbocycles. The van der Waals surface area contributed by atoms with Gasteiger partial charge in [-0.2, -0.15) is 0 Å². The first-order chi connectivity index (χ1) is 11.5. The van der Waals surface area contributed by atoms with E-state index in [0.717, 1.165) is 25.0 Å². The van der Waals surface area contributed by atoms with Gasteiger partial charge in [0.25, 0.3) is 0 Å². The highest BCUT2D eigenvalue weighted by atomic mass is 32.2. The minimum Gasteiger partial charge on any atom is -0.395 e. The van der Waals surface area contributed by atoms with E-state index in [9.17, 15) is 13.5 Å². The van der Waals surface area contributed by atoms with Crippen LogP contribution in [0.25, 0.3) is 0 Å². The maximum Gasteiger partial charge on any atom is 0.208 e. The number of hydrogen-bond acceptors (Lipinski definition) is 6. The minimum atomic E-state index is -3.19. The number of aliphatic hydroxyl groups excluding tert-OH is 1. The molecule has 0 heterocycles. The molecule has 4 N–H and O–H groups in total. The second-order valence-electron chi connectivity index (χ2n) is 7.00. The van der Waals surface area contributed by atoms with Crippen LogP contribution in [0.2, 0.25) is 0 Å². The monoisotopic (exact) mass is 374 g/mol. The van der Waals surface area contributed by atoms with Crippen LogP contribution in [0.4, 0.5) is 0 Å². The Morgan fingerprint density at radius 3 is 2.32 bits per heavy atom. The van der Waals surface area contributed by atoms with Gasteiger partial charge < -0.3 is 15.7 Å². The largest absolute Gasteiger partial charge is 0.395 e. The number of sulfonamides is 1. The van der Waals surface area contributed by atoms with Gasteiger partial charge in [-0.1, -0.05) is 26.8 Å². The molecule has 7 nitrogen and oxygen atoms in total. The number of rotatable bonds is 10. The van der Waals surface area contributed by atoms with E-state index in [1.54, 1.807) is 0 Å². The van der Waals surface area contributed by atoms with Gasteiger partial charge in [0.2, 0.25) is 10.0 Å². The second-order valence-corrected chi connectivity index (χ2v) is 8.83. The van der Waals surface area contributed by atoms with E-state index >= 15 is 0 Å². The summed E-state index contributed by atoms with van der Waals surface area (Å²) in [5, 5.41) is 9.32. The number of allylic oxidation sites excluding steroid dienone is 1. The van der Waals surface area contributed by atoms with Crippen molar-refractivity contribution in [1.82, 2.24) is 14.5 Å². The molecule has 25 heavy (non-hydrogen) atoms. The Balaban J connectivity index is 2.96. The number of likely N-dealkylation sites (N-methyl/N-ethyl adjacent to an activating group) is 2. The first-order valence-corrected chi connectivity index (χ1v) is 10.7. The van der Waals surface area contributed by atoms with Crippen LogP contribution in [0.3, 0.4) is 0 Å². The smallest absolute Gasteiger partial charge is 0.208 e. The summed E-state index contributed by atoms with van der Waals surface area (Å²) >= 11 is 0. The summed E-state index contributed by atoms with van der Waals surface area (Å²) in [6.07, 6.45) is 7.29. The molecule has 8 heteroatoms. The third-order valence-corrected chi connectivity index (χ3v) is 5.55. The van der Waals surface area contributed by atoms with Gasteiger partial charge in [-0.15, -0.1) is 0 Å². The van der Waals surface area contributed by atoms with Crippen LogP contribution in [-0.4, -0.2) is 74.6 Å². The average molecular weight is 375 g/mol. The molecule has 1 aliphatic carbocycles. The number of nitrogens with one attached hydrogen (secondary N) is 1. The van der Waals surface area contributed by atoms with E-state index in [0.29, 0.717) is 19.6 Å². The van der Waals surface area contributed by atoms with Crippen molar-refractivity contribution in [2.45, 2.75) is 33.4 Å². The lowest BCUT2D eigenvalue weighted by molar-refractivity contribution is 0.0397. The fourth-order valence-corrected chi connectivity index (χ4v) is 3.69. The first kappa shape index (κ1) is 22.1. The SMILES string of the molecule is CCN(CCNS(C)(=O)=O)C1=CC(C)(C)C(N)(N(CC)CCO)C=C1. The van der Waals surface area contributed by atoms with Gasteiger partial charge in [0.05, 0.1) is 18.5 Å². The van der Waals surface area contributed by atoms with Crippen molar-refractivity contribution in [3.8, 4) is 0 Å². The maximum absolute atomic E-state index is 11.2. The average Bonchev–Trinajstić information content (AvgIpc) is 2.51. The topological polar surface area (TPSA) is 98.9 Å². The standard InChI is InChI=1S/C17H34N4O3S/c1-6-20(11-10-19-25(5,23)24)15-8-9-17(18,16(3,4)14-15)21(7-2)12-13-22/h8-9,14,19,22H,6-7,10-13,18H2,1-5H3. The fourth-order valence-electron chi connectivity index (χ4n) is 3.23. The van der Waals surface area contributed by atoms with Crippen LogP contribution in [-0.2, 0) is 10.0 Å². The molecule has 0 amide bonds. The summed E-state index contributed by atoms with van der Waals surface area (Å²) < 4.78 is 25.0. The summed E-state index contributed by atoms with van der Waals surface area (Å²) in [5.41, 5.74) is 6.71. The predicted molar refractivity (Wildman–Crippen MR) is 102 cm³/mol. The summed E-state index contributed by atoms with van der Waals surface area (Å²) in [7, 11) is -3.19. The van der Waals surface area contributed by atoms with E-state index < -0.39 is 15.7 Å². The number of hydrogen-bond donors (Lipinski definition) is 3. The minimum absolute atomic E-state index is 0.0610. The van der Waals surface area contributed by atoms with Crippen molar-refractivity contribution >= 4 is 10.0 Å². The van der Waals surface area contributed by atoms with Gasteiger partial charge in [-0.05, 0) is 25.6 Å². The molecule has 0 saturated carbocycles. The van der Waals surface area contributed by atoms with Crippen molar-refractivity contribution in [2.24, 2.45) is 11.1 Å². The Bertz CT molecular complexity index is 601. The van der Waals surface area contributed by atoms with Gasteiger partial charge in [0.1, 0.15) is 0 Å². The molecule has 1 aliphatic rings. The highest BCUT2D eigenvalue weighted by molar-refractivity contribution is 7.88. The summed E-state index contributed by atoms with van der Waals surface area (Å²) in [4.78, 5) is 4.19. The Morgan fingerprint density at radius 2 is 1.88 bits per heavy atom. The Kier molecular flexibility index (Phi) is 7.64. The summed E-state index contributed by atoms with van der Waals surface area (Å²) in [5.74, 6) is 0. The van der Waals surface area contributed by atoms with Crippen molar-refractivity contribution in [3.05, 3.63) is 23.9 Å². The lowest BCUT2D eigenvalue weighted by Gasteiger charge is -2.50. The van der Waals surface area contributed by atoms with E-state index in [4.69, 9.17) is 5.73 Å². The molecule has 0 fully saturated rings. The molecule has 0 aromatic rings.